The fraction of sp³-hybridized carbons (Fsp3) is 0.158. The topological polar surface area (TPSA) is 130 Å². The van der Waals surface area contributed by atoms with Gasteiger partial charge in [0, 0.05) is 23.3 Å². The highest BCUT2D eigenvalue weighted by Crippen LogP contribution is 2.39. The molecule has 2 aromatic carbocycles. The normalized spacial score (nSPS) is 11.2. The van der Waals surface area contributed by atoms with Crippen LogP contribution in [0.1, 0.15) is 10.4 Å². The van der Waals surface area contributed by atoms with Crippen LogP contribution in [0.2, 0.25) is 0 Å². The number of halogens is 1. The van der Waals surface area contributed by atoms with Gasteiger partial charge < -0.3 is 19.6 Å². The molecule has 0 unspecified atom stereocenters. The number of nitriles is 1. The summed E-state index contributed by atoms with van der Waals surface area (Å²) in [5, 5.41) is 21.3. The summed E-state index contributed by atoms with van der Waals surface area (Å²) in [6, 6.07) is 9.67. The molecule has 29 heavy (non-hydrogen) atoms. The van der Waals surface area contributed by atoms with Crippen LogP contribution in [-0.2, 0) is 9.84 Å². The molecule has 10 heteroatoms. The van der Waals surface area contributed by atoms with Crippen molar-refractivity contribution in [1.29, 1.82) is 5.26 Å². The second-order valence-electron chi connectivity index (χ2n) is 6.16. The maximum Gasteiger partial charge on any atom is 0.340 e. The molecule has 150 valence electrons. The SMILES string of the molecule is CS(=O)(=O)CNc1cc2oc(-c3ccc(F)cc3)c(C(=O)O)c2cc1OCC#N. The van der Waals surface area contributed by atoms with Crippen molar-refractivity contribution in [3.63, 3.8) is 0 Å². The molecule has 0 radical (unpaired) electrons. The zero-order valence-electron chi connectivity index (χ0n) is 15.1. The average molecular weight is 418 g/mol. The molecule has 3 aromatic rings. The lowest BCUT2D eigenvalue weighted by molar-refractivity contribution is 0.0699. The lowest BCUT2D eigenvalue weighted by Crippen LogP contribution is -2.13. The Morgan fingerprint density at radius 2 is 2.00 bits per heavy atom. The predicted octanol–water partition coefficient (Wildman–Crippen LogP) is 3.25. The second-order valence-corrected chi connectivity index (χ2v) is 8.30. The van der Waals surface area contributed by atoms with Crippen LogP contribution in [0.15, 0.2) is 40.8 Å². The van der Waals surface area contributed by atoms with Gasteiger partial charge in [-0.1, -0.05) is 0 Å². The number of furan rings is 1. The minimum absolute atomic E-state index is 0.0130. The highest BCUT2D eigenvalue weighted by molar-refractivity contribution is 7.90. The Morgan fingerprint density at radius 3 is 2.59 bits per heavy atom. The number of ether oxygens (including phenoxy) is 1. The summed E-state index contributed by atoms with van der Waals surface area (Å²) in [5.41, 5.74) is 0.560. The van der Waals surface area contributed by atoms with Crippen LogP contribution in [0.25, 0.3) is 22.3 Å². The van der Waals surface area contributed by atoms with Crippen LogP contribution in [0, 0.1) is 17.1 Å². The first-order chi connectivity index (χ1) is 13.7. The predicted molar refractivity (Wildman–Crippen MR) is 103 cm³/mol. The van der Waals surface area contributed by atoms with Gasteiger partial charge in [0.2, 0.25) is 0 Å². The number of rotatable bonds is 7. The molecule has 0 fully saturated rings. The van der Waals surface area contributed by atoms with Crippen molar-refractivity contribution in [3.8, 4) is 23.1 Å². The van der Waals surface area contributed by atoms with E-state index in [9.17, 15) is 22.7 Å². The van der Waals surface area contributed by atoms with E-state index >= 15 is 0 Å². The number of carboxylic acid groups (broad SMARTS) is 1. The molecule has 0 saturated heterocycles. The monoisotopic (exact) mass is 418 g/mol. The summed E-state index contributed by atoms with van der Waals surface area (Å²) in [6.45, 7) is -0.329. The van der Waals surface area contributed by atoms with Crippen molar-refractivity contribution in [3.05, 3.63) is 47.8 Å². The van der Waals surface area contributed by atoms with Gasteiger partial charge in [0.15, 0.2) is 16.4 Å². The Labute approximate surface area is 165 Å². The molecule has 0 bridgehead atoms. The van der Waals surface area contributed by atoms with Gasteiger partial charge >= 0.3 is 5.97 Å². The van der Waals surface area contributed by atoms with Crippen LogP contribution < -0.4 is 10.1 Å². The van der Waals surface area contributed by atoms with Gasteiger partial charge in [-0.3, -0.25) is 0 Å². The van der Waals surface area contributed by atoms with E-state index in [1.165, 1.54) is 36.4 Å². The van der Waals surface area contributed by atoms with E-state index in [0.717, 1.165) is 6.26 Å². The van der Waals surface area contributed by atoms with Crippen molar-refractivity contribution in [2.24, 2.45) is 0 Å². The molecule has 0 atom stereocenters. The number of benzene rings is 2. The first kappa shape index (κ1) is 20.2. The van der Waals surface area contributed by atoms with Crippen LogP contribution in [-0.4, -0.2) is 38.2 Å². The third-order valence-electron chi connectivity index (χ3n) is 3.93. The van der Waals surface area contributed by atoms with Crippen LogP contribution >= 0.6 is 0 Å². The third-order valence-corrected chi connectivity index (χ3v) is 4.60. The average Bonchev–Trinajstić information content (AvgIpc) is 3.02. The molecule has 3 rings (SSSR count). The van der Waals surface area contributed by atoms with Crippen molar-refractivity contribution in [1.82, 2.24) is 0 Å². The Morgan fingerprint density at radius 1 is 1.31 bits per heavy atom. The molecule has 1 aromatic heterocycles. The molecule has 0 aliphatic rings. The molecular formula is C19H15FN2O6S. The molecule has 0 amide bonds. The Balaban J connectivity index is 2.20. The van der Waals surface area contributed by atoms with Gasteiger partial charge in [0.25, 0.3) is 0 Å². The summed E-state index contributed by atoms with van der Waals surface area (Å²) in [7, 11) is -3.37. The van der Waals surface area contributed by atoms with Gasteiger partial charge in [-0.2, -0.15) is 5.26 Å². The van der Waals surface area contributed by atoms with Crippen LogP contribution in [0.5, 0.6) is 5.75 Å². The second kappa shape index (κ2) is 7.81. The first-order valence-electron chi connectivity index (χ1n) is 8.20. The Hall–Kier alpha value is -3.58. The van der Waals surface area contributed by atoms with E-state index in [4.69, 9.17) is 14.4 Å². The number of carbonyl (C=O) groups is 1. The van der Waals surface area contributed by atoms with Crippen molar-refractivity contribution < 1.29 is 31.9 Å². The number of carboxylic acids is 1. The fourth-order valence-corrected chi connectivity index (χ4v) is 3.13. The van der Waals surface area contributed by atoms with Gasteiger partial charge in [-0.25, -0.2) is 17.6 Å². The van der Waals surface area contributed by atoms with E-state index < -0.39 is 27.5 Å². The van der Waals surface area contributed by atoms with E-state index in [0.29, 0.717) is 5.56 Å². The van der Waals surface area contributed by atoms with Crippen molar-refractivity contribution in [2.75, 3.05) is 24.1 Å². The zero-order valence-corrected chi connectivity index (χ0v) is 15.9. The summed E-state index contributed by atoms with van der Waals surface area (Å²) in [5.74, 6) is -2.05. The molecule has 0 spiro atoms. The number of aromatic carboxylic acids is 1. The summed E-state index contributed by atoms with van der Waals surface area (Å²) in [4.78, 5) is 11.9. The minimum atomic E-state index is -3.37. The molecule has 0 aliphatic heterocycles. The van der Waals surface area contributed by atoms with Gasteiger partial charge in [-0.05, 0) is 30.3 Å². The van der Waals surface area contributed by atoms with Crippen LogP contribution in [0.4, 0.5) is 10.1 Å². The largest absolute Gasteiger partial charge is 0.478 e. The van der Waals surface area contributed by atoms with Gasteiger partial charge in [0.1, 0.15) is 40.4 Å². The highest BCUT2D eigenvalue weighted by atomic mass is 32.2. The number of fused-ring (bicyclic) bond motifs is 1. The maximum absolute atomic E-state index is 13.2. The number of nitrogens with one attached hydrogen (secondary N) is 1. The van der Waals surface area contributed by atoms with Crippen molar-refractivity contribution >= 4 is 32.5 Å². The Bertz CT molecular complexity index is 1230. The number of hydrogen-bond donors (Lipinski definition) is 2. The smallest absolute Gasteiger partial charge is 0.340 e. The molecule has 1 heterocycles. The van der Waals surface area contributed by atoms with Crippen LogP contribution in [0.3, 0.4) is 0 Å². The van der Waals surface area contributed by atoms with E-state index in [1.807, 2.05) is 0 Å². The van der Waals surface area contributed by atoms with Gasteiger partial charge in [0.05, 0.1) is 5.69 Å². The van der Waals surface area contributed by atoms with Crippen molar-refractivity contribution in [2.45, 2.75) is 0 Å². The molecule has 0 aliphatic carbocycles. The van der Waals surface area contributed by atoms with E-state index in [2.05, 4.69) is 5.32 Å². The number of hydrogen-bond acceptors (Lipinski definition) is 7. The molecular weight excluding hydrogens is 403 g/mol. The van der Waals surface area contributed by atoms with Gasteiger partial charge in [-0.15, -0.1) is 0 Å². The van der Waals surface area contributed by atoms with E-state index in [-0.39, 0.29) is 40.3 Å². The highest BCUT2D eigenvalue weighted by Gasteiger charge is 2.24. The standard InChI is InChI=1S/C19H15FN2O6S/c1-29(25,26)10-22-14-9-15-13(8-16(14)27-7-6-21)17(19(23)24)18(28-15)11-2-4-12(20)5-3-11/h2-5,8-9,22H,7,10H2,1H3,(H,23,24). The fourth-order valence-electron chi connectivity index (χ4n) is 2.72. The molecule has 8 nitrogen and oxygen atoms in total. The quantitative estimate of drug-likeness (QED) is 0.598. The minimum Gasteiger partial charge on any atom is -0.478 e. The lowest BCUT2D eigenvalue weighted by Gasteiger charge is -2.11. The molecule has 0 saturated carbocycles. The lowest BCUT2D eigenvalue weighted by atomic mass is 10.0. The third kappa shape index (κ3) is 4.47. The summed E-state index contributed by atoms with van der Waals surface area (Å²) in [6.07, 6.45) is 1.04. The Kier molecular flexibility index (Phi) is 5.43. The summed E-state index contributed by atoms with van der Waals surface area (Å²) < 4.78 is 47.2. The van der Waals surface area contributed by atoms with E-state index in [1.54, 1.807) is 6.07 Å². The number of anilines is 1. The molecule has 2 N–H and O–H groups in total. The maximum atomic E-state index is 13.2. The number of nitrogens with zero attached hydrogens (tertiary/aromatic N) is 1. The first-order valence-corrected chi connectivity index (χ1v) is 10.3. The summed E-state index contributed by atoms with van der Waals surface area (Å²) >= 11 is 0. The zero-order chi connectivity index (χ0) is 21.2. The number of sulfone groups is 1.